The van der Waals surface area contributed by atoms with Gasteiger partial charge in [0.25, 0.3) is 0 Å². The number of nitrogens with zero attached hydrogens (tertiary/aromatic N) is 1. The lowest BCUT2D eigenvalue weighted by Gasteiger charge is -2.40. The van der Waals surface area contributed by atoms with Gasteiger partial charge in [-0.25, -0.2) is 0 Å². The molecule has 0 radical (unpaired) electrons. The maximum Gasteiger partial charge on any atom is 0.0351 e. The second-order valence-electron chi connectivity index (χ2n) is 5.77. The molecule has 1 aliphatic heterocycles. The average molecular weight is 244 g/mol. The van der Waals surface area contributed by atoms with Gasteiger partial charge in [-0.05, 0) is 56.8 Å². The standard InChI is InChI=1S/C16H24N2/c1-18(14-8-5-11-17-12-14)16-10-4-7-13-6-2-3-9-15(13)16/h2-3,6,9,14,16-17H,4-5,7-8,10-12H2,1H3. The van der Waals surface area contributed by atoms with Crippen molar-refractivity contribution in [3.8, 4) is 0 Å². The molecule has 2 unspecified atom stereocenters. The third-order valence-electron chi connectivity index (χ3n) is 4.68. The van der Waals surface area contributed by atoms with Gasteiger partial charge in [-0.15, -0.1) is 0 Å². The summed E-state index contributed by atoms with van der Waals surface area (Å²) in [4.78, 5) is 2.63. The summed E-state index contributed by atoms with van der Waals surface area (Å²) in [6.45, 7) is 2.36. The molecular formula is C16H24N2. The highest BCUT2D eigenvalue weighted by Gasteiger charge is 2.28. The van der Waals surface area contributed by atoms with E-state index in [-0.39, 0.29) is 0 Å². The lowest BCUT2D eigenvalue weighted by atomic mass is 9.86. The number of aryl methyl sites for hydroxylation is 1. The van der Waals surface area contributed by atoms with E-state index in [1.54, 1.807) is 11.1 Å². The van der Waals surface area contributed by atoms with E-state index in [2.05, 4.69) is 41.5 Å². The van der Waals surface area contributed by atoms with Crippen LogP contribution in [0.2, 0.25) is 0 Å². The summed E-state index contributed by atoms with van der Waals surface area (Å²) in [7, 11) is 2.32. The van der Waals surface area contributed by atoms with Crippen molar-refractivity contribution in [1.29, 1.82) is 0 Å². The molecule has 0 aromatic heterocycles. The van der Waals surface area contributed by atoms with Crippen LogP contribution in [0.15, 0.2) is 24.3 Å². The van der Waals surface area contributed by atoms with Gasteiger partial charge in [0, 0.05) is 18.6 Å². The first-order valence-corrected chi connectivity index (χ1v) is 7.37. The van der Waals surface area contributed by atoms with Crippen LogP contribution in [0.1, 0.15) is 42.9 Å². The number of hydrogen-bond acceptors (Lipinski definition) is 2. The Morgan fingerprint density at radius 2 is 2.06 bits per heavy atom. The Kier molecular flexibility index (Phi) is 3.67. The Labute approximate surface area is 110 Å². The van der Waals surface area contributed by atoms with Crippen LogP contribution in [0.3, 0.4) is 0 Å². The molecule has 2 heteroatoms. The molecule has 98 valence electrons. The predicted octanol–water partition coefficient (Wildman–Crippen LogP) is 2.75. The number of nitrogens with one attached hydrogen (secondary N) is 1. The van der Waals surface area contributed by atoms with Gasteiger partial charge in [0.1, 0.15) is 0 Å². The maximum absolute atomic E-state index is 3.54. The molecule has 1 fully saturated rings. The van der Waals surface area contributed by atoms with Crippen molar-refractivity contribution in [2.75, 3.05) is 20.1 Å². The molecule has 1 aromatic carbocycles. The highest BCUT2D eigenvalue weighted by atomic mass is 15.2. The molecule has 1 N–H and O–H groups in total. The summed E-state index contributed by atoms with van der Waals surface area (Å²) in [5.41, 5.74) is 3.15. The molecule has 3 rings (SSSR count). The normalized spacial score (nSPS) is 28.1. The fourth-order valence-electron chi connectivity index (χ4n) is 3.59. The van der Waals surface area contributed by atoms with Gasteiger partial charge in [-0.3, -0.25) is 4.90 Å². The van der Waals surface area contributed by atoms with Crippen LogP contribution in [-0.2, 0) is 6.42 Å². The monoisotopic (exact) mass is 244 g/mol. The van der Waals surface area contributed by atoms with Crippen molar-refractivity contribution in [2.24, 2.45) is 0 Å². The van der Waals surface area contributed by atoms with Crippen LogP contribution < -0.4 is 5.32 Å². The van der Waals surface area contributed by atoms with E-state index < -0.39 is 0 Å². The summed E-state index contributed by atoms with van der Waals surface area (Å²) in [6, 6.07) is 10.4. The fraction of sp³-hybridized carbons (Fsp3) is 0.625. The summed E-state index contributed by atoms with van der Waals surface area (Å²) < 4.78 is 0. The molecule has 2 aliphatic rings. The molecular weight excluding hydrogens is 220 g/mol. The van der Waals surface area contributed by atoms with Crippen molar-refractivity contribution < 1.29 is 0 Å². The highest BCUT2D eigenvalue weighted by molar-refractivity contribution is 5.32. The molecule has 18 heavy (non-hydrogen) atoms. The van der Waals surface area contributed by atoms with Crippen LogP contribution in [0, 0.1) is 0 Å². The zero-order valence-corrected chi connectivity index (χ0v) is 11.4. The topological polar surface area (TPSA) is 15.3 Å². The summed E-state index contributed by atoms with van der Waals surface area (Å²) in [6.07, 6.45) is 6.60. The van der Waals surface area contributed by atoms with Gasteiger partial charge in [-0.2, -0.15) is 0 Å². The van der Waals surface area contributed by atoms with Crippen LogP contribution in [0.25, 0.3) is 0 Å². The van der Waals surface area contributed by atoms with Crippen molar-refractivity contribution in [3.05, 3.63) is 35.4 Å². The lowest BCUT2D eigenvalue weighted by molar-refractivity contribution is 0.133. The van der Waals surface area contributed by atoms with E-state index in [9.17, 15) is 0 Å². The summed E-state index contributed by atoms with van der Waals surface area (Å²) >= 11 is 0. The lowest BCUT2D eigenvalue weighted by Crippen LogP contribution is -2.46. The number of fused-ring (bicyclic) bond motifs is 1. The van der Waals surface area contributed by atoms with Crippen molar-refractivity contribution in [3.63, 3.8) is 0 Å². The summed E-state index contributed by atoms with van der Waals surface area (Å²) in [5, 5.41) is 3.54. The molecule has 1 saturated heterocycles. The number of benzene rings is 1. The average Bonchev–Trinajstić information content (AvgIpc) is 2.47. The molecule has 0 amide bonds. The van der Waals surface area contributed by atoms with Gasteiger partial charge in [-0.1, -0.05) is 24.3 Å². The van der Waals surface area contributed by atoms with Crippen LogP contribution in [0.4, 0.5) is 0 Å². The second kappa shape index (κ2) is 5.41. The van der Waals surface area contributed by atoms with E-state index in [1.165, 1.54) is 38.6 Å². The quantitative estimate of drug-likeness (QED) is 0.860. The first-order valence-electron chi connectivity index (χ1n) is 7.37. The first kappa shape index (κ1) is 12.2. The Morgan fingerprint density at radius 3 is 2.89 bits per heavy atom. The van der Waals surface area contributed by atoms with Crippen LogP contribution >= 0.6 is 0 Å². The van der Waals surface area contributed by atoms with Crippen molar-refractivity contribution in [1.82, 2.24) is 10.2 Å². The minimum absolute atomic E-state index is 0.639. The molecule has 0 spiro atoms. The van der Waals surface area contributed by atoms with E-state index in [0.29, 0.717) is 6.04 Å². The van der Waals surface area contributed by atoms with Crippen molar-refractivity contribution >= 4 is 0 Å². The van der Waals surface area contributed by atoms with Gasteiger partial charge in [0.05, 0.1) is 0 Å². The zero-order chi connectivity index (χ0) is 12.4. The summed E-state index contributed by atoms with van der Waals surface area (Å²) in [5.74, 6) is 0. The predicted molar refractivity (Wildman–Crippen MR) is 75.8 cm³/mol. The third kappa shape index (κ3) is 2.32. The van der Waals surface area contributed by atoms with Crippen LogP contribution in [-0.4, -0.2) is 31.1 Å². The van der Waals surface area contributed by atoms with E-state index >= 15 is 0 Å². The van der Waals surface area contributed by atoms with Gasteiger partial charge in [0.15, 0.2) is 0 Å². The zero-order valence-electron chi connectivity index (χ0n) is 11.4. The van der Waals surface area contributed by atoms with Crippen molar-refractivity contribution in [2.45, 2.75) is 44.2 Å². The Morgan fingerprint density at radius 1 is 1.17 bits per heavy atom. The third-order valence-corrected chi connectivity index (χ3v) is 4.68. The molecule has 0 bridgehead atoms. The fourth-order valence-corrected chi connectivity index (χ4v) is 3.59. The molecule has 2 nitrogen and oxygen atoms in total. The number of likely N-dealkylation sites (N-methyl/N-ethyl adjacent to an activating group) is 1. The molecule has 1 aliphatic carbocycles. The van der Waals surface area contributed by atoms with E-state index in [1.807, 2.05) is 0 Å². The SMILES string of the molecule is CN(C1CCCNC1)C1CCCc2ccccc21. The Hall–Kier alpha value is -0.860. The van der Waals surface area contributed by atoms with E-state index in [4.69, 9.17) is 0 Å². The van der Waals surface area contributed by atoms with Crippen LogP contribution in [0.5, 0.6) is 0 Å². The van der Waals surface area contributed by atoms with Gasteiger partial charge >= 0.3 is 0 Å². The molecule has 1 heterocycles. The largest absolute Gasteiger partial charge is 0.315 e. The van der Waals surface area contributed by atoms with E-state index in [0.717, 1.165) is 12.6 Å². The maximum atomic E-state index is 3.54. The number of rotatable bonds is 2. The van der Waals surface area contributed by atoms with Gasteiger partial charge < -0.3 is 5.32 Å². The minimum Gasteiger partial charge on any atom is -0.315 e. The van der Waals surface area contributed by atoms with Gasteiger partial charge in [0.2, 0.25) is 0 Å². The minimum atomic E-state index is 0.639. The Bertz CT molecular complexity index is 396. The number of hydrogen-bond donors (Lipinski definition) is 1. The molecule has 1 aromatic rings. The highest BCUT2D eigenvalue weighted by Crippen LogP contribution is 2.35. The number of piperidine rings is 1. The molecule has 0 saturated carbocycles. The second-order valence-corrected chi connectivity index (χ2v) is 5.77. The first-order chi connectivity index (χ1) is 8.86. The molecule has 2 atom stereocenters. The Balaban J connectivity index is 1.80. The smallest absolute Gasteiger partial charge is 0.0351 e.